The van der Waals surface area contributed by atoms with Gasteiger partial charge >= 0.3 is 6.03 Å². The Morgan fingerprint density at radius 2 is 1.50 bits per heavy atom. The van der Waals surface area contributed by atoms with E-state index in [1.807, 2.05) is 58.3 Å². The van der Waals surface area contributed by atoms with Gasteiger partial charge in [-0.25, -0.2) is 4.79 Å². The molecule has 9 nitrogen and oxygen atoms in total. The minimum atomic E-state index is -0.0476. The summed E-state index contributed by atoms with van der Waals surface area (Å²) >= 11 is 2.21. The van der Waals surface area contributed by atoms with Gasteiger partial charge in [0.2, 0.25) is 0 Å². The monoisotopic (exact) mass is 631 g/mol. The van der Waals surface area contributed by atoms with Gasteiger partial charge in [-0.05, 0) is 52.9 Å². The lowest BCUT2D eigenvalue weighted by Gasteiger charge is -2.48. The first kappa shape index (κ1) is 26.7. The summed E-state index contributed by atoms with van der Waals surface area (Å²) in [5.74, 6) is 0.868. The van der Waals surface area contributed by atoms with E-state index < -0.39 is 0 Å². The number of carbonyl (C=O) groups excluding carboxylic acids is 3. The van der Waals surface area contributed by atoms with Gasteiger partial charge in [0, 0.05) is 83.5 Å². The van der Waals surface area contributed by atoms with E-state index in [0.29, 0.717) is 50.9 Å². The number of nitrogens with zero attached hydrogens (tertiary/aromatic N) is 5. The fourth-order valence-electron chi connectivity index (χ4n) is 5.28. The summed E-state index contributed by atoms with van der Waals surface area (Å²) in [6.45, 7) is 5.73. The Bertz CT molecular complexity index is 1180. The summed E-state index contributed by atoms with van der Waals surface area (Å²) < 4.78 is 7.06. The van der Waals surface area contributed by atoms with Crippen molar-refractivity contribution in [2.45, 2.75) is 18.6 Å². The minimum absolute atomic E-state index is 0.00199. The van der Waals surface area contributed by atoms with Crippen LogP contribution in [0, 0.1) is 3.57 Å². The molecule has 4 amide bonds. The Morgan fingerprint density at radius 1 is 0.816 bits per heavy atom. The third-order valence-electron chi connectivity index (χ3n) is 7.56. The summed E-state index contributed by atoms with van der Waals surface area (Å²) in [6.07, 6.45) is 0.744. The van der Waals surface area contributed by atoms with Crippen LogP contribution in [-0.4, -0.2) is 121 Å². The summed E-state index contributed by atoms with van der Waals surface area (Å²) in [5.41, 5.74) is 1.39. The van der Waals surface area contributed by atoms with Gasteiger partial charge in [0.25, 0.3) is 11.8 Å². The second-order valence-electron chi connectivity index (χ2n) is 10.4. The third kappa shape index (κ3) is 5.75. The molecule has 0 aliphatic carbocycles. The van der Waals surface area contributed by atoms with Crippen molar-refractivity contribution in [1.82, 2.24) is 24.5 Å². The average molecular weight is 632 g/mol. The van der Waals surface area contributed by atoms with Crippen molar-refractivity contribution in [2.75, 3.05) is 66.5 Å². The fourth-order valence-corrected chi connectivity index (χ4v) is 5.92. The molecule has 3 aliphatic rings. The first-order valence-electron chi connectivity index (χ1n) is 13.1. The van der Waals surface area contributed by atoms with Gasteiger partial charge in [-0.3, -0.25) is 14.5 Å². The first-order valence-corrected chi connectivity index (χ1v) is 14.2. The number of rotatable bonds is 5. The van der Waals surface area contributed by atoms with E-state index in [2.05, 4.69) is 27.5 Å². The topological polar surface area (TPSA) is 76.6 Å². The van der Waals surface area contributed by atoms with Crippen molar-refractivity contribution in [3.05, 3.63) is 63.2 Å². The Labute approximate surface area is 237 Å². The number of likely N-dealkylation sites (tertiary alicyclic amines) is 2. The molecule has 0 N–H and O–H groups in total. The van der Waals surface area contributed by atoms with Gasteiger partial charge in [0.1, 0.15) is 11.9 Å². The Hall–Kier alpha value is -2.86. The number of piperazine rings is 1. The number of halogens is 1. The lowest BCUT2D eigenvalue weighted by Crippen LogP contribution is -2.64. The standard InChI is InChI=1S/C28H34IN5O4/c1-30(2)28(37)33-11-10-23(19-33)38-25-9-8-21(16-24(25)29)27(36)34-17-22(18-34)31-12-14-32(15-13-31)26(35)20-6-4-3-5-7-20/h3-9,16,22-23H,10-15,17-19H2,1-2H3. The van der Waals surface area contributed by atoms with Crippen LogP contribution < -0.4 is 4.74 Å². The van der Waals surface area contributed by atoms with E-state index in [0.717, 1.165) is 34.4 Å². The van der Waals surface area contributed by atoms with Crippen molar-refractivity contribution >= 4 is 40.4 Å². The van der Waals surface area contributed by atoms with Gasteiger partial charge in [-0.2, -0.15) is 0 Å². The molecule has 3 fully saturated rings. The maximum absolute atomic E-state index is 13.1. The number of ether oxygens (including phenoxy) is 1. The molecule has 1 unspecified atom stereocenters. The van der Waals surface area contributed by atoms with Gasteiger partial charge in [-0.15, -0.1) is 0 Å². The second kappa shape index (κ2) is 11.5. The van der Waals surface area contributed by atoms with Crippen molar-refractivity contribution in [2.24, 2.45) is 0 Å². The molecule has 3 aliphatic heterocycles. The highest BCUT2D eigenvalue weighted by Gasteiger charge is 2.37. The molecular weight excluding hydrogens is 597 g/mol. The van der Waals surface area contributed by atoms with E-state index in [4.69, 9.17) is 4.74 Å². The van der Waals surface area contributed by atoms with E-state index in [1.54, 1.807) is 23.9 Å². The highest BCUT2D eigenvalue weighted by molar-refractivity contribution is 14.1. The number of amides is 4. The SMILES string of the molecule is CN(C)C(=O)N1CCC(Oc2ccc(C(=O)N3CC(N4CCN(C(=O)c5ccccc5)CC4)C3)cc2I)C1. The summed E-state index contributed by atoms with van der Waals surface area (Å²) in [6, 6.07) is 15.4. The summed E-state index contributed by atoms with van der Waals surface area (Å²) in [5, 5.41) is 0. The van der Waals surface area contributed by atoms with Crippen molar-refractivity contribution in [1.29, 1.82) is 0 Å². The van der Waals surface area contributed by atoms with Gasteiger partial charge in [0.05, 0.1) is 10.1 Å². The van der Waals surface area contributed by atoms with Crippen LogP contribution in [0.3, 0.4) is 0 Å². The van der Waals surface area contributed by atoms with E-state index in [9.17, 15) is 14.4 Å². The molecule has 0 bridgehead atoms. The maximum Gasteiger partial charge on any atom is 0.319 e. The number of hydrogen-bond acceptors (Lipinski definition) is 5. The molecule has 3 heterocycles. The predicted molar refractivity (Wildman–Crippen MR) is 152 cm³/mol. The van der Waals surface area contributed by atoms with Crippen LogP contribution >= 0.6 is 22.6 Å². The molecule has 1 atom stereocenters. The zero-order chi connectivity index (χ0) is 26.8. The van der Waals surface area contributed by atoms with Crippen LogP contribution in [0.1, 0.15) is 27.1 Å². The summed E-state index contributed by atoms with van der Waals surface area (Å²) in [7, 11) is 3.51. The van der Waals surface area contributed by atoms with Crippen LogP contribution in [0.5, 0.6) is 5.75 Å². The smallest absolute Gasteiger partial charge is 0.319 e. The van der Waals surface area contributed by atoms with Crippen molar-refractivity contribution < 1.29 is 19.1 Å². The molecule has 0 saturated carbocycles. The minimum Gasteiger partial charge on any atom is -0.487 e. The van der Waals surface area contributed by atoms with E-state index >= 15 is 0 Å². The first-order chi connectivity index (χ1) is 18.3. The molecule has 0 aromatic heterocycles. The fraction of sp³-hybridized carbons (Fsp3) is 0.464. The van der Waals surface area contributed by atoms with Gasteiger partial charge in [0.15, 0.2) is 0 Å². The molecule has 202 valence electrons. The molecule has 3 saturated heterocycles. The number of benzene rings is 2. The van der Waals surface area contributed by atoms with Crippen molar-refractivity contribution in [3.63, 3.8) is 0 Å². The normalized spacial score (nSPS) is 20.3. The molecule has 5 rings (SSSR count). The van der Waals surface area contributed by atoms with Crippen LogP contribution in [0.4, 0.5) is 4.79 Å². The largest absolute Gasteiger partial charge is 0.487 e. The molecule has 38 heavy (non-hydrogen) atoms. The second-order valence-corrected chi connectivity index (χ2v) is 11.5. The van der Waals surface area contributed by atoms with Crippen LogP contribution in [0.2, 0.25) is 0 Å². The molecule has 0 radical (unpaired) electrons. The number of hydrogen-bond donors (Lipinski definition) is 0. The van der Waals surface area contributed by atoms with Crippen LogP contribution in [0.15, 0.2) is 48.5 Å². The van der Waals surface area contributed by atoms with Crippen LogP contribution in [-0.2, 0) is 0 Å². The van der Waals surface area contributed by atoms with Crippen LogP contribution in [0.25, 0.3) is 0 Å². The zero-order valence-electron chi connectivity index (χ0n) is 21.9. The highest BCUT2D eigenvalue weighted by Crippen LogP contribution is 2.28. The maximum atomic E-state index is 13.1. The van der Waals surface area contributed by atoms with Gasteiger partial charge in [-0.1, -0.05) is 18.2 Å². The molecule has 2 aromatic carbocycles. The molecule has 0 spiro atoms. The Kier molecular flexibility index (Phi) is 8.08. The summed E-state index contributed by atoms with van der Waals surface area (Å²) in [4.78, 5) is 47.6. The Balaban J connectivity index is 1.08. The molecule has 2 aromatic rings. The lowest BCUT2D eigenvalue weighted by molar-refractivity contribution is 0.00853. The zero-order valence-corrected chi connectivity index (χ0v) is 24.0. The number of carbonyl (C=O) groups is 3. The molecular formula is C28H34IN5O4. The third-order valence-corrected chi connectivity index (χ3v) is 8.40. The van der Waals surface area contributed by atoms with Crippen molar-refractivity contribution in [3.8, 4) is 5.75 Å². The highest BCUT2D eigenvalue weighted by atomic mass is 127. The average Bonchev–Trinajstić information content (AvgIpc) is 3.37. The molecule has 10 heteroatoms. The van der Waals surface area contributed by atoms with E-state index in [1.165, 1.54) is 0 Å². The predicted octanol–water partition coefficient (Wildman–Crippen LogP) is 2.71. The lowest BCUT2D eigenvalue weighted by atomic mass is 10.0. The Morgan fingerprint density at radius 3 is 2.16 bits per heavy atom. The van der Waals surface area contributed by atoms with Gasteiger partial charge < -0.3 is 24.3 Å². The quantitative estimate of drug-likeness (QED) is 0.475. The van der Waals surface area contributed by atoms with E-state index in [-0.39, 0.29) is 23.9 Å². The number of urea groups is 1.